The molecule has 5 nitrogen and oxygen atoms in total. The highest BCUT2D eigenvalue weighted by molar-refractivity contribution is 5.51. The molecule has 0 bridgehead atoms. The lowest BCUT2D eigenvalue weighted by Crippen LogP contribution is -2.03. The van der Waals surface area contributed by atoms with E-state index in [4.69, 9.17) is 0 Å². The van der Waals surface area contributed by atoms with Crippen LogP contribution in [0.4, 0.5) is 5.69 Å². The molecule has 1 aromatic heterocycles. The van der Waals surface area contributed by atoms with Gasteiger partial charge in [0.15, 0.2) is 0 Å². The number of nitrogens with zero attached hydrogens (tertiary/aromatic N) is 2. The van der Waals surface area contributed by atoms with Gasteiger partial charge in [-0.05, 0) is 25.6 Å². The lowest BCUT2D eigenvalue weighted by molar-refractivity contribution is -0.385. The van der Waals surface area contributed by atoms with Crippen LogP contribution in [0.1, 0.15) is 11.3 Å². The molecular formula is C10H13N3O2. The van der Waals surface area contributed by atoms with Crippen LogP contribution >= 0.6 is 0 Å². The topological polar surface area (TPSA) is 68.1 Å². The Labute approximate surface area is 88.0 Å². The summed E-state index contributed by atoms with van der Waals surface area (Å²) in [5, 5.41) is 13.4. The van der Waals surface area contributed by atoms with Crippen molar-refractivity contribution in [3.8, 4) is 0 Å². The summed E-state index contributed by atoms with van der Waals surface area (Å²) in [5.74, 6) is 0. The van der Waals surface area contributed by atoms with Crippen LogP contribution in [0, 0.1) is 17.0 Å². The van der Waals surface area contributed by atoms with E-state index in [2.05, 4.69) is 10.3 Å². The van der Waals surface area contributed by atoms with Crippen LogP contribution in [0.15, 0.2) is 18.3 Å². The zero-order chi connectivity index (χ0) is 11.3. The first-order valence-corrected chi connectivity index (χ1v) is 4.57. The van der Waals surface area contributed by atoms with Gasteiger partial charge in [-0.3, -0.25) is 10.1 Å². The number of pyridine rings is 1. The van der Waals surface area contributed by atoms with Crippen molar-refractivity contribution >= 4 is 11.8 Å². The van der Waals surface area contributed by atoms with Crippen molar-refractivity contribution in [2.75, 3.05) is 13.6 Å². The van der Waals surface area contributed by atoms with Crippen molar-refractivity contribution in [1.29, 1.82) is 0 Å². The minimum Gasteiger partial charge on any atom is -0.316 e. The fourth-order valence-corrected chi connectivity index (χ4v) is 1.13. The highest BCUT2D eigenvalue weighted by Crippen LogP contribution is 2.14. The van der Waals surface area contributed by atoms with Crippen LogP contribution < -0.4 is 5.32 Å². The number of hydrogen-bond acceptors (Lipinski definition) is 4. The molecule has 0 atom stereocenters. The van der Waals surface area contributed by atoms with E-state index in [0.29, 0.717) is 0 Å². The summed E-state index contributed by atoms with van der Waals surface area (Å²) < 4.78 is 0. The van der Waals surface area contributed by atoms with Crippen molar-refractivity contribution in [2.24, 2.45) is 0 Å². The molecule has 80 valence electrons. The van der Waals surface area contributed by atoms with Gasteiger partial charge >= 0.3 is 0 Å². The normalized spacial score (nSPS) is 10.8. The minimum absolute atomic E-state index is 0.0262. The van der Waals surface area contributed by atoms with Crippen LogP contribution in [0.25, 0.3) is 6.08 Å². The van der Waals surface area contributed by atoms with E-state index in [1.54, 1.807) is 6.92 Å². The van der Waals surface area contributed by atoms with Gasteiger partial charge in [0.2, 0.25) is 0 Å². The van der Waals surface area contributed by atoms with E-state index in [0.717, 1.165) is 17.8 Å². The smallest absolute Gasteiger partial charge is 0.287 e. The van der Waals surface area contributed by atoms with E-state index >= 15 is 0 Å². The Morgan fingerprint density at radius 3 is 2.93 bits per heavy atom. The molecule has 0 aliphatic heterocycles. The third kappa shape index (κ3) is 3.14. The highest BCUT2D eigenvalue weighted by atomic mass is 16.6. The molecule has 0 radical (unpaired) electrons. The van der Waals surface area contributed by atoms with Crippen LogP contribution in [0.3, 0.4) is 0 Å². The predicted molar refractivity (Wildman–Crippen MR) is 58.6 cm³/mol. The van der Waals surface area contributed by atoms with Gasteiger partial charge in [-0.2, -0.15) is 0 Å². The molecule has 1 rings (SSSR count). The second kappa shape index (κ2) is 5.21. The highest BCUT2D eigenvalue weighted by Gasteiger charge is 2.07. The van der Waals surface area contributed by atoms with Gasteiger partial charge in [0.05, 0.1) is 10.6 Å². The van der Waals surface area contributed by atoms with Gasteiger partial charge < -0.3 is 5.32 Å². The first-order valence-electron chi connectivity index (χ1n) is 4.57. The molecule has 5 heteroatoms. The van der Waals surface area contributed by atoms with Gasteiger partial charge in [0.1, 0.15) is 6.20 Å². The molecule has 0 saturated heterocycles. The average Bonchev–Trinajstić information content (AvgIpc) is 2.20. The molecule has 0 amide bonds. The SMILES string of the molecule is CNCC=Cc1ncc([N+](=O)[O-])cc1C. The zero-order valence-electron chi connectivity index (χ0n) is 8.73. The van der Waals surface area contributed by atoms with Crippen molar-refractivity contribution in [1.82, 2.24) is 10.3 Å². The first kappa shape index (κ1) is 11.3. The Balaban J connectivity index is 2.88. The van der Waals surface area contributed by atoms with Crippen LogP contribution in [-0.4, -0.2) is 23.5 Å². The number of rotatable bonds is 4. The summed E-state index contributed by atoms with van der Waals surface area (Å²) in [4.78, 5) is 14.0. The molecule has 0 saturated carbocycles. The van der Waals surface area contributed by atoms with E-state index in [9.17, 15) is 10.1 Å². The number of aryl methyl sites for hydroxylation is 1. The van der Waals surface area contributed by atoms with E-state index in [1.807, 2.05) is 19.2 Å². The van der Waals surface area contributed by atoms with Crippen molar-refractivity contribution in [3.63, 3.8) is 0 Å². The molecule has 0 aliphatic rings. The Morgan fingerprint density at radius 2 is 2.40 bits per heavy atom. The number of nitro groups is 1. The lowest BCUT2D eigenvalue weighted by Gasteiger charge is -1.98. The second-order valence-corrected chi connectivity index (χ2v) is 3.11. The average molecular weight is 207 g/mol. The molecule has 0 aliphatic carbocycles. The fraction of sp³-hybridized carbons (Fsp3) is 0.300. The predicted octanol–water partition coefficient (Wildman–Crippen LogP) is 1.53. The first-order chi connectivity index (χ1) is 7.15. The van der Waals surface area contributed by atoms with Gasteiger partial charge in [-0.15, -0.1) is 0 Å². The largest absolute Gasteiger partial charge is 0.316 e. The summed E-state index contributed by atoms with van der Waals surface area (Å²) in [7, 11) is 1.85. The summed E-state index contributed by atoms with van der Waals surface area (Å²) >= 11 is 0. The Hall–Kier alpha value is -1.75. The number of likely N-dealkylation sites (N-methyl/N-ethyl adjacent to an activating group) is 1. The number of aromatic nitrogens is 1. The molecule has 0 fully saturated rings. The van der Waals surface area contributed by atoms with Crippen molar-refractivity contribution in [3.05, 3.63) is 39.7 Å². The summed E-state index contributed by atoms with van der Waals surface area (Å²) in [6, 6.07) is 1.52. The molecule has 1 aromatic rings. The quantitative estimate of drug-likeness (QED) is 0.600. The molecule has 1 N–H and O–H groups in total. The molecule has 0 spiro atoms. The molecule has 15 heavy (non-hydrogen) atoms. The van der Waals surface area contributed by atoms with Gasteiger partial charge in [-0.1, -0.05) is 6.08 Å². The molecule has 1 heterocycles. The van der Waals surface area contributed by atoms with Crippen molar-refractivity contribution in [2.45, 2.75) is 6.92 Å². The van der Waals surface area contributed by atoms with E-state index in [-0.39, 0.29) is 5.69 Å². The minimum atomic E-state index is -0.443. The number of nitrogens with one attached hydrogen (secondary N) is 1. The molecule has 0 aromatic carbocycles. The van der Waals surface area contributed by atoms with Gasteiger partial charge in [0.25, 0.3) is 5.69 Å². The summed E-state index contributed by atoms with van der Waals surface area (Å²) in [5.41, 5.74) is 1.59. The summed E-state index contributed by atoms with van der Waals surface area (Å²) in [6.45, 7) is 2.55. The maximum atomic E-state index is 10.5. The van der Waals surface area contributed by atoms with E-state index in [1.165, 1.54) is 12.3 Å². The lowest BCUT2D eigenvalue weighted by atomic mass is 10.2. The molecule has 0 unspecified atom stereocenters. The van der Waals surface area contributed by atoms with Crippen molar-refractivity contribution < 1.29 is 4.92 Å². The fourth-order valence-electron chi connectivity index (χ4n) is 1.13. The van der Waals surface area contributed by atoms with Crippen LogP contribution in [0.2, 0.25) is 0 Å². The summed E-state index contributed by atoms with van der Waals surface area (Å²) in [6.07, 6.45) is 5.03. The van der Waals surface area contributed by atoms with Gasteiger partial charge in [0, 0.05) is 12.6 Å². The second-order valence-electron chi connectivity index (χ2n) is 3.11. The standard InChI is InChI=1S/C10H13N3O2/c1-8-6-9(13(14)15)7-12-10(8)4-3-5-11-2/h3-4,6-7,11H,5H2,1-2H3. The van der Waals surface area contributed by atoms with Crippen LogP contribution in [-0.2, 0) is 0 Å². The zero-order valence-corrected chi connectivity index (χ0v) is 8.73. The third-order valence-corrected chi connectivity index (χ3v) is 1.91. The Kier molecular flexibility index (Phi) is 3.93. The maximum Gasteiger partial charge on any atom is 0.287 e. The van der Waals surface area contributed by atoms with E-state index < -0.39 is 4.92 Å². The number of hydrogen-bond donors (Lipinski definition) is 1. The Morgan fingerprint density at radius 1 is 1.67 bits per heavy atom. The van der Waals surface area contributed by atoms with Crippen LogP contribution in [0.5, 0.6) is 0 Å². The maximum absolute atomic E-state index is 10.5. The Bertz CT molecular complexity index is 388. The molecular weight excluding hydrogens is 194 g/mol. The monoisotopic (exact) mass is 207 g/mol. The third-order valence-electron chi connectivity index (χ3n) is 1.91. The van der Waals surface area contributed by atoms with Gasteiger partial charge in [-0.25, -0.2) is 4.98 Å².